The van der Waals surface area contributed by atoms with E-state index in [1.54, 1.807) is 11.3 Å². The first-order valence-corrected chi connectivity index (χ1v) is 10.4. The fourth-order valence-corrected chi connectivity index (χ4v) is 4.54. The number of aryl methyl sites for hydroxylation is 2. The lowest BCUT2D eigenvalue weighted by Crippen LogP contribution is -2.43. The van der Waals surface area contributed by atoms with Crippen molar-refractivity contribution in [2.75, 3.05) is 18.0 Å². The quantitative estimate of drug-likeness (QED) is 0.729. The zero-order chi connectivity index (χ0) is 18.8. The average Bonchev–Trinajstić information content (AvgIpc) is 3.17. The van der Waals surface area contributed by atoms with Gasteiger partial charge in [0, 0.05) is 35.9 Å². The fourth-order valence-electron chi connectivity index (χ4n) is 3.76. The van der Waals surface area contributed by atoms with Crippen LogP contribution in [0, 0.1) is 19.8 Å². The molecule has 1 aliphatic heterocycles. The van der Waals surface area contributed by atoms with Crippen LogP contribution in [0.1, 0.15) is 29.5 Å². The molecule has 2 aromatic heterocycles. The summed E-state index contributed by atoms with van der Waals surface area (Å²) in [5.74, 6) is 1.18. The van der Waals surface area contributed by atoms with E-state index in [1.807, 2.05) is 6.20 Å². The van der Waals surface area contributed by atoms with Crippen LogP contribution in [-0.2, 0) is 11.3 Å². The van der Waals surface area contributed by atoms with E-state index >= 15 is 0 Å². The van der Waals surface area contributed by atoms with Crippen molar-refractivity contribution in [3.63, 3.8) is 0 Å². The number of nitrogens with zero attached hydrogens (tertiary/aromatic N) is 2. The van der Waals surface area contributed by atoms with E-state index in [1.165, 1.54) is 21.2 Å². The molecule has 3 heterocycles. The van der Waals surface area contributed by atoms with Crippen LogP contribution >= 0.6 is 11.3 Å². The third kappa shape index (κ3) is 3.83. The topological polar surface area (TPSA) is 45.2 Å². The number of nitrogens with one attached hydrogen (secondary N) is 1. The number of piperidine rings is 1. The van der Waals surface area contributed by atoms with Crippen LogP contribution in [0.15, 0.2) is 41.9 Å². The van der Waals surface area contributed by atoms with Crippen molar-refractivity contribution in [2.24, 2.45) is 5.92 Å². The molecule has 0 spiro atoms. The van der Waals surface area contributed by atoms with Gasteiger partial charge in [-0.2, -0.15) is 0 Å². The summed E-state index contributed by atoms with van der Waals surface area (Å²) in [7, 11) is 0. The number of hydrogen-bond donors (Lipinski definition) is 1. The number of rotatable bonds is 4. The lowest BCUT2D eigenvalue weighted by atomic mass is 9.96. The lowest BCUT2D eigenvalue weighted by Gasteiger charge is -2.33. The van der Waals surface area contributed by atoms with Crippen molar-refractivity contribution >= 4 is 33.1 Å². The number of aromatic nitrogens is 1. The van der Waals surface area contributed by atoms with Gasteiger partial charge < -0.3 is 10.2 Å². The lowest BCUT2D eigenvalue weighted by molar-refractivity contribution is -0.125. The Labute approximate surface area is 164 Å². The number of fused-ring (bicyclic) bond motifs is 1. The average molecular weight is 380 g/mol. The van der Waals surface area contributed by atoms with E-state index in [-0.39, 0.29) is 11.8 Å². The summed E-state index contributed by atoms with van der Waals surface area (Å²) in [5, 5.41) is 6.43. The first-order chi connectivity index (χ1) is 13.1. The van der Waals surface area contributed by atoms with E-state index in [2.05, 4.69) is 64.8 Å². The SMILES string of the molecule is Cc1ccc(CNC(=O)[C@H]2CCCN(c3nccc4sccc34)C2)cc1C. The molecule has 4 nitrogen and oxygen atoms in total. The molecule has 0 unspecified atom stereocenters. The number of thiophene rings is 1. The first-order valence-electron chi connectivity index (χ1n) is 9.53. The maximum absolute atomic E-state index is 12.8. The normalized spacial score (nSPS) is 17.3. The monoisotopic (exact) mass is 379 g/mol. The smallest absolute Gasteiger partial charge is 0.225 e. The molecule has 0 saturated carbocycles. The van der Waals surface area contributed by atoms with Gasteiger partial charge >= 0.3 is 0 Å². The number of pyridine rings is 1. The zero-order valence-electron chi connectivity index (χ0n) is 15.9. The van der Waals surface area contributed by atoms with Crippen molar-refractivity contribution < 1.29 is 4.79 Å². The van der Waals surface area contributed by atoms with Crippen molar-refractivity contribution in [2.45, 2.75) is 33.2 Å². The highest BCUT2D eigenvalue weighted by molar-refractivity contribution is 7.17. The van der Waals surface area contributed by atoms with Crippen molar-refractivity contribution in [1.29, 1.82) is 0 Å². The Morgan fingerprint density at radius 1 is 1.26 bits per heavy atom. The van der Waals surface area contributed by atoms with Crippen molar-refractivity contribution in [1.82, 2.24) is 10.3 Å². The van der Waals surface area contributed by atoms with Crippen LogP contribution in [0.4, 0.5) is 5.82 Å². The highest BCUT2D eigenvalue weighted by atomic mass is 32.1. The number of amides is 1. The Morgan fingerprint density at radius 2 is 2.15 bits per heavy atom. The Morgan fingerprint density at radius 3 is 3.00 bits per heavy atom. The van der Waals surface area contributed by atoms with Crippen LogP contribution in [-0.4, -0.2) is 24.0 Å². The Bertz CT molecular complexity index is 965. The number of anilines is 1. The van der Waals surface area contributed by atoms with Gasteiger partial charge in [0.1, 0.15) is 5.82 Å². The summed E-state index contributed by atoms with van der Waals surface area (Å²) in [4.78, 5) is 19.6. The number of hydrogen-bond acceptors (Lipinski definition) is 4. The number of carbonyl (C=O) groups excluding carboxylic acids is 1. The van der Waals surface area contributed by atoms with Crippen LogP contribution in [0.3, 0.4) is 0 Å². The number of carbonyl (C=O) groups is 1. The molecule has 1 fully saturated rings. The minimum atomic E-state index is 0.0148. The summed E-state index contributed by atoms with van der Waals surface area (Å²) < 4.78 is 1.25. The fraction of sp³-hybridized carbons (Fsp3) is 0.364. The van der Waals surface area contributed by atoms with Gasteiger partial charge in [0.05, 0.1) is 5.92 Å². The molecule has 1 saturated heterocycles. The van der Waals surface area contributed by atoms with Gasteiger partial charge in [0.25, 0.3) is 0 Å². The van der Waals surface area contributed by atoms with Gasteiger partial charge in [0.2, 0.25) is 5.91 Å². The van der Waals surface area contributed by atoms with Crippen LogP contribution in [0.2, 0.25) is 0 Å². The second-order valence-electron chi connectivity index (χ2n) is 7.39. The molecule has 27 heavy (non-hydrogen) atoms. The second kappa shape index (κ2) is 7.69. The molecule has 1 amide bonds. The molecule has 140 valence electrons. The molecule has 5 heteroatoms. The van der Waals surface area contributed by atoms with Gasteiger partial charge in [-0.3, -0.25) is 4.79 Å². The highest BCUT2D eigenvalue weighted by Gasteiger charge is 2.27. The van der Waals surface area contributed by atoms with Crippen LogP contribution < -0.4 is 10.2 Å². The van der Waals surface area contributed by atoms with Crippen molar-refractivity contribution in [3.05, 3.63) is 58.6 Å². The molecule has 1 N–H and O–H groups in total. The highest BCUT2D eigenvalue weighted by Crippen LogP contribution is 2.31. The second-order valence-corrected chi connectivity index (χ2v) is 8.34. The van der Waals surface area contributed by atoms with Gasteiger partial charge in [-0.1, -0.05) is 18.2 Å². The molecule has 0 aliphatic carbocycles. The zero-order valence-corrected chi connectivity index (χ0v) is 16.7. The standard InChI is InChI=1S/C22H25N3OS/c1-15-5-6-17(12-16(15)2)13-24-22(26)18-4-3-10-25(14-18)21-19-8-11-27-20(19)7-9-23-21/h5-9,11-12,18H,3-4,10,13-14H2,1-2H3,(H,24,26)/t18-/m0/s1. The minimum absolute atomic E-state index is 0.0148. The predicted molar refractivity (Wildman–Crippen MR) is 112 cm³/mol. The minimum Gasteiger partial charge on any atom is -0.355 e. The van der Waals surface area contributed by atoms with Gasteiger partial charge in [-0.15, -0.1) is 11.3 Å². The van der Waals surface area contributed by atoms with Crippen LogP contribution in [0.25, 0.3) is 10.1 Å². The van der Waals surface area contributed by atoms with E-state index < -0.39 is 0 Å². The molecular formula is C22H25N3OS. The molecule has 1 aliphatic rings. The van der Waals surface area contributed by atoms with E-state index in [4.69, 9.17) is 0 Å². The maximum Gasteiger partial charge on any atom is 0.225 e. The summed E-state index contributed by atoms with van der Waals surface area (Å²) in [5.41, 5.74) is 3.70. The summed E-state index contributed by atoms with van der Waals surface area (Å²) in [6.07, 6.45) is 3.83. The molecule has 1 atom stereocenters. The third-order valence-electron chi connectivity index (χ3n) is 5.49. The molecule has 0 bridgehead atoms. The van der Waals surface area contributed by atoms with Gasteiger partial charge in [-0.25, -0.2) is 4.98 Å². The van der Waals surface area contributed by atoms with E-state index in [9.17, 15) is 4.79 Å². The van der Waals surface area contributed by atoms with E-state index in [0.717, 1.165) is 37.3 Å². The molecular weight excluding hydrogens is 354 g/mol. The van der Waals surface area contributed by atoms with Crippen molar-refractivity contribution in [3.8, 4) is 0 Å². The van der Waals surface area contributed by atoms with Crippen LogP contribution in [0.5, 0.6) is 0 Å². The molecule has 3 aromatic rings. The molecule has 1 aromatic carbocycles. The Hall–Kier alpha value is -2.40. The predicted octanol–water partition coefficient (Wildman–Crippen LogP) is 4.45. The summed E-state index contributed by atoms with van der Waals surface area (Å²) in [6, 6.07) is 10.6. The van der Waals surface area contributed by atoms with Gasteiger partial charge in [-0.05, 0) is 60.9 Å². The van der Waals surface area contributed by atoms with Gasteiger partial charge in [0.15, 0.2) is 0 Å². The summed E-state index contributed by atoms with van der Waals surface area (Å²) in [6.45, 7) is 6.51. The summed E-state index contributed by atoms with van der Waals surface area (Å²) >= 11 is 1.73. The molecule has 4 rings (SSSR count). The first kappa shape index (κ1) is 18.0. The van der Waals surface area contributed by atoms with E-state index in [0.29, 0.717) is 6.54 Å². The Balaban J connectivity index is 1.42. The number of benzene rings is 1. The Kier molecular flexibility index (Phi) is 5.12. The molecule has 0 radical (unpaired) electrons. The third-order valence-corrected chi connectivity index (χ3v) is 6.37. The largest absolute Gasteiger partial charge is 0.355 e. The maximum atomic E-state index is 12.8.